The van der Waals surface area contributed by atoms with Crippen LogP contribution in [0.1, 0.15) is 47.5 Å². The summed E-state index contributed by atoms with van der Waals surface area (Å²) in [7, 11) is 0. The van der Waals surface area contributed by atoms with Crippen LogP contribution in [0, 0.1) is 5.41 Å². The van der Waals surface area contributed by atoms with Crippen molar-refractivity contribution < 1.29 is 19.4 Å². The molecule has 0 aliphatic heterocycles. The highest BCUT2D eigenvalue weighted by Crippen LogP contribution is 2.39. The zero-order valence-electron chi connectivity index (χ0n) is 15.8. The first-order valence-corrected chi connectivity index (χ1v) is 8.43. The molecule has 0 atom stereocenters. The van der Waals surface area contributed by atoms with Crippen LogP contribution in [0.15, 0.2) is 58.7 Å². The third-order valence-corrected chi connectivity index (χ3v) is 4.37. The maximum atomic E-state index is 11.9. The van der Waals surface area contributed by atoms with Crippen LogP contribution in [-0.4, -0.2) is 23.7 Å². The number of hydrogen-bond donors (Lipinski definition) is 1. The topological polar surface area (TPSA) is 63.6 Å². The van der Waals surface area contributed by atoms with E-state index in [1.807, 2.05) is 45.1 Å². The lowest BCUT2D eigenvalue weighted by Gasteiger charge is -2.32. The summed E-state index contributed by atoms with van der Waals surface area (Å²) in [6.07, 6.45) is 11.8. The minimum Gasteiger partial charge on any atom is -0.450 e. The fraction of sp³-hybridized carbons (Fsp3) is 0.429. The molecule has 0 aromatic rings. The van der Waals surface area contributed by atoms with E-state index in [1.54, 1.807) is 6.08 Å². The molecule has 0 amide bonds. The molecule has 136 valence electrons. The summed E-state index contributed by atoms with van der Waals surface area (Å²) in [5.74, 6) is 0.241. The molecule has 0 aromatic heterocycles. The van der Waals surface area contributed by atoms with E-state index in [0.717, 1.165) is 28.7 Å². The number of ether oxygens (including phenoxy) is 1. The number of allylic oxidation sites excluding steroid dienone is 9. The van der Waals surface area contributed by atoms with E-state index in [0.29, 0.717) is 6.42 Å². The van der Waals surface area contributed by atoms with Gasteiger partial charge in [-0.2, -0.15) is 0 Å². The minimum absolute atomic E-state index is 0.0219. The summed E-state index contributed by atoms with van der Waals surface area (Å²) in [4.78, 5) is 22.2. The molecule has 0 saturated heterocycles. The van der Waals surface area contributed by atoms with Crippen molar-refractivity contribution in [3.63, 3.8) is 0 Å². The Balaban J connectivity index is 2.75. The Bertz CT molecular complexity index is 670. The third kappa shape index (κ3) is 6.96. The second-order valence-corrected chi connectivity index (χ2v) is 6.97. The molecule has 0 aromatic carbocycles. The van der Waals surface area contributed by atoms with E-state index in [2.05, 4.69) is 24.7 Å². The van der Waals surface area contributed by atoms with Crippen molar-refractivity contribution in [1.29, 1.82) is 0 Å². The first kappa shape index (κ1) is 20.7. The van der Waals surface area contributed by atoms with E-state index in [-0.39, 0.29) is 17.8 Å². The molecule has 1 N–H and O–H groups in total. The fourth-order valence-electron chi connectivity index (χ4n) is 2.69. The Morgan fingerprint density at radius 3 is 2.56 bits per heavy atom. The lowest BCUT2D eigenvalue weighted by atomic mass is 9.72. The molecule has 0 bridgehead atoms. The molecule has 1 aliphatic rings. The molecule has 4 nitrogen and oxygen atoms in total. The zero-order chi connectivity index (χ0) is 19.0. The summed E-state index contributed by atoms with van der Waals surface area (Å²) in [5, 5.41) is 8.40. The number of rotatable bonds is 6. The van der Waals surface area contributed by atoms with Crippen LogP contribution in [-0.2, 0) is 9.53 Å². The van der Waals surface area contributed by atoms with E-state index in [4.69, 9.17) is 5.11 Å². The number of carboxylic acid groups (broad SMARTS) is 1. The van der Waals surface area contributed by atoms with Crippen molar-refractivity contribution in [1.82, 2.24) is 0 Å². The lowest BCUT2D eigenvalue weighted by molar-refractivity contribution is -0.116. The number of carbonyl (C=O) groups is 2. The summed E-state index contributed by atoms with van der Waals surface area (Å²) < 4.78 is 4.43. The van der Waals surface area contributed by atoms with E-state index in [9.17, 15) is 9.59 Å². The molecule has 1 aliphatic carbocycles. The Kier molecular flexibility index (Phi) is 7.62. The van der Waals surface area contributed by atoms with Gasteiger partial charge in [0.1, 0.15) is 6.61 Å². The van der Waals surface area contributed by atoms with Gasteiger partial charge in [0.25, 0.3) is 0 Å². The van der Waals surface area contributed by atoms with Crippen LogP contribution in [0.4, 0.5) is 4.79 Å². The van der Waals surface area contributed by atoms with Gasteiger partial charge in [-0.25, -0.2) is 4.79 Å². The number of Topliss-reactive ketones (excluding diaryl/α,β-unsaturated/α-hetero) is 1. The van der Waals surface area contributed by atoms with Crippen LogP contribution < -0.4 is 0 Å². The van der Waals surface area contributed by atoms with E-state index in [1.165, 1.54) is 0 Å². The Morgan fingerprint density at radius 2 is 1.92 bits per heavy atom. The first-order valence-electron chi connectivity index (χ1n) is 8.43. The molecule has 0 radical (unpaired) electrons. The predicted octanol–water partition coefficient (Wildman–Crippen LogP) is 5.39. The minimum atomic E-state index is -1.28. The van der Waals surface area contributed by atoms with Gasteiger partial charge in [-0.3, -0.25) is 4.79 Å². The average Bonchev–Trinajstić information content (AvgIpc) is 2.50. The zero-order valence-corrected chi connectivity index (χ0v) is 15.8. The Hall–Kier alpha value is -2.36. The summed E-state index contributed by atoms with van der Waals surface area (Å²) >= 11 is 0. The van der Waals surface area contributed by atoms with Gasteiger partial charge >= 0.3 is 6.16 Å². The molecule has 0 spiro atoms. The molecule has 0 saturated carbocycles. The van der Waals surface area contributed by atoms with Gasteiger partial charge in [0.2, 0.25) is 0 Å². The van der Waals surface area contributed by atoms with Gasteiger partial charge in [-0.15, -0.1) is 0 Å². The van der Waals surface area contributed by atoms with Crippen LogP contribution in [0.25, 0.3) is 0 Å². The first-order chi connectivity index (χ1) is 11.6. The van der Waals surface area contributed by atoms with Crippen LogP contribution in [0.5, 0.6) is 0 Å². The molecule has 0 fully saturated rings. The van der Waals surface area contributed by atoms with Crippen LogP contribution >= 0.6 is 0 Å². The maximum Gasteiger partial charge on any atom is 0.506 e. The molecule has 25 heavy (non-hydrogen) atoms. The van der Waals surface area contributed by atoms with Crippen molar-refractivity contribution >= 4 is 11.9 Å². The third-order valence-electron chi connectivity index (χ3n) is 4.37. The quantitative estimate of drug-likeness (QED) is 0.518. The standard InChI is InChI=1S/C21H28O4/c1-15(7-6-8-16(2)12-14-25-20(23)24)9-10-18-17(3)19(22)11-13-21(18,4)5/h6-10,12H,11,13-14H2,1-5H3,(H,23,24). The molecule has 1 rings (SSSR count). The molecular formula is C21H28O4. The van der Waals surface area contributed by atoms with Gasteiger partial charge in [-0.05, 0) is 49.8 Å². The van der Waals surface area contributed by atoms with Crippen molar-refractivity contribution in [3.8, 4) is 0 Å². The second-order valence-electron chi connectivity index (χ2n) is 6.97. The highest BCUT2D eigenvalue weighted by atomic mass is 16.7. The summed E-state index contributed by atoms with van der Waals surface area (Å²) in [5.41, 5.74) is 4.00. The van der Waals surface area contributed by atoms with E-state index < -0.39 is 6.16 Å². The Morgan fingerprint density at radius 1 is 1.24 bits per heavy atom. The fourth-order valence-corrected chi connectivity index (χ4v) is 2.69. The van der Waals surface area contributed by atoms with Gasteiger partial charge in [-0.1, -0.05) is 55.4 Å². The molecule has 0 heterocycles. The van der Waals surface area contributed by atoms with Crippen LogP contribution in [0.2, 0.25) is 0 Å². The highest BCUT2D eigenvalue weighted by Gasteiger charge is 2.30. The lowest BCUT2D eigenvalue weighted by Crippen LogP contribution is -2.24. The number of ketones is 1. The number of carbonyl (C=O) groups excluding carboxylic acids is 1. The predicted molar refractivity (Wildman–Crippen MR) is 100 cm³/mol. The normalized spacial score (nSPS) is 19.2. The monoisotopic (exact) mass is 344 g/mol. The smallest absolute Gasteiger partial charge is 0.450 e. The van der Waals surface area contributed by atoms with E-state index >= 15 is 0 Å². The number of hydrogen-bond acceptors (Lipinski definition) is 3. The average molecular weight is 344 g/mol. The Labute approximate surface area is 150 Å². The summed E-state index contributed by atoms with van der Waals surface area (Å²) in [6, 6.07) is 0. The largest absolute Gasteiger partial charge is 0.506 e. The van der Waals surface area contributed by atoms with Gasteiger partial charge in [0, 0.05) is 6.42 Å². The molecule has 0 unspecified atom stereocenters. The van der Waals surface area contributed by atoms with Crippen LogP contribution in [0.3, 0.4) is 0 Å². The van der Waals surface area contributed by atoms with Gasteiger partial charge in [0.05, 0.1) is 0 Å². The van der Waals surface area contributed by atoms with Crippen molar-refractivity contribution in [2.24, 2.45) is 5.41 Å². The second kappa shape index (κ2) is 9.21. The van der Waals surface area contributed by atoms with Crippen molar-refractivity contribution in [2.75, 3.05) is 6.61 Å². The maximum absolute atomic E-state index is 11.9. The molecule has 4 heteroatoms. The van der Waals surface area contributed by atoms with Gasteiger partial charge < -0.3 is 9.84 Å². The van der Waals surface area contributed by atoms with Gasteiger partial charge in [0.15, 0.2) is 5.78 Å². The molecular weight excluding hydrogens is 316 g/mol. The summed E-state index contributed by atoms with van der Waals surface area (Å²) in [6.45, 7) is 10.2. The SMILES string of the molecule is CC(C=CC1=C(C)C(=O)CCC1(C)C)=CC=CC(C)=CCOC(=O)O. The highest BCUT2D eigenvalue weighted by molar-refractivity contribution is 5.97. The van der Waals surface area contributed by atoms with Crippen molar-refractivity contribution in [2.45, 2.75) is 47.5 Å². The van der Waals surface area contributed by atoms with Crippen molar-refractivity contribution in [3.05, 3.63) is 58.7 Å².